The molecule has 0 aliphatic rings. The molecular formula is C12H16BrClO. The van der Waals surface area contributed by atoms with Crippen molar-refractivity contribution in [2.75, 3.05) is 7.11 Å². The maximum Gasteiger partial charge on any atom is 0.123 e. The molecular weight excluding hydrogens is 275 g/mol. The maximum atomic E-state index is 6.44. The summed E-state index contributed by atoms with van der Waals surface area (Å²) in [5, 5.41) is -0.0649. The molecule has 0 radical (unpaired) electrons. The lowest BCUT2D eigenvalue weighted by Crippen LogP contribution is -2.14. The minimum Gasteiger partial charge on any atom is -0.496 e. The molecule has 0 aromatic heterocycles. The second-order valence-electron chi connectivity index (χ2n) is 4.61. The molecule has 1 nitrogen and oxygen atoms in total. The van der Waals surface area contributed by atoms with Gasteiger partial charge >= 0.3 is 0 Å². The highest BCUT2D eigenvalue weighted by atomic mass is 79.9. The monoisotopic (exact) mass is 290 g/mol. The van der Waals surface area contributed by atoms with Crippen molar-refractivity contribution in [2.24, 2.45) is 5.41 Å². The van der Waals surface area contributed by atoms with Crippen LogP contribution in [0, 0.1) is 5.41 Å². The SMILES string of the molecule is COc1ccc(Br)cc1C(Cl)C(C)(C)C. The summed E-state index contributed by atoms with van der Waals surface area (Å²) in [4.78, 5) is 0. The predicted octanol–water partition coefficient (Wildman–Crippen LogP) is 4.78. The second-order valence-corrected chi connectivity index (χ2v) is 5.97. The quantitative estimate of drug-likeness (QED) is 0.712. The van der Waals surface area contributed by atoms with E-state index in [9.17, 15) is 0 Å². The molecule has 0 spiro atoms. The van der Waals surface area contributed by atoms with Crippen LogP contribution in [0.5, 0.6) is 5.75 Å². The fourth-order valence-corrected chi connectivity index (χ4v) is 1.92. The summed E-state index contributed by atoms with van der Waals surface area (Å²) < 4.78 is 6.33. The van der Waals surface area contributed by atoms with Gasteiger partial charge < -0.3 is 4.74 Å². The lowest BCUT2D eigenvalue weighted by Gasteiger charge is -2.26. The maximum absolute atomic E-state index is 6.44. The average Bonchev–Trinajstić information content (AvgIpc) is 2.15. The standard InChI is InChI=1S/C12H16BrClO/c1-12(2,3)11(14)9-7-8(13)5-6-10(9)15-4/h5-7,11H,1-4H3. The van der Waals surface area contributed by atoms with E-state index >= 15 is 0 Å². The Bertz CT molecular complexity index is 344. The summed E-state index contributed by atoms with van der Waals surface area (Å²) in [6.07, 6.45) is 0. The van der Waals surface area contributed by atoms with Crippen molar-refractivity contribution in [1.82, 2.24) is 0 Å². The van der Waals surface area contributed by atoms with Gasteiger partial charge in [-0.15, -0.1) is 11.6 Å². The van der Waals surface area contributed by atoms with Crippen LogP contribution in [-0.2, 0) is 0 Å². The third-order valence-corrected chi connectivity index (χ3v) is 3.61. The number of methoxy groups -OCH3 is 1. The molecule has 1 atom stereocenters. The molecule has 3 heteroatoms. The van der Waals surface area contributed by atoms with E-state index in [1.165, 1.54) is 0 Å². The number of alkyl halides is 1. The normalized spacial score (nSPS) is 13.7. The Morgan fingerprint density at radius 1 is 1.33 bits per heavy atom. The lowest BCUT2D eigenvalue weighted by molar-refractivity contribution is 0.369. The zero-order valence-electron chi connectivity index (χ0n) is 9.47. The topological polar surface area (TPSA) is 9.23 Å². The highest BCUT2D eigenvalue weighted by Gasteiger charge is 2.26. The van der Waals surface area contributed by atoms with E-state index in [1.807, 2.05) is 18.2 Å². The van der Waals surface area contributed by atoms with Gasteiger partial charge in [0, 0.05) is 10.0 Å². The van der Waals surface area contributed by atoms with Crippen molar-refractivity contribution in [2.45, 2.75) is 26.1 Å². The zero-order chi connectivity index (χ0) is 11.6. The Hall–Kier alpha value is -0.210. The van der Waals surface area contributed by atoms with Gasteiger partial charge in [0.05, 0.1) is 12.5 Å². The molecule has 1 unspecified atom stereocenters. The third-order valence-electron chi connectivity index (χ3n) is 2.23. The summed E-state index contributed by atoms with van der Waals surface area (Å²) in [6, 6.07) is 5.90. The molecule has 0 N–H and O–H groups in total. The minimum absolute atomic E-state index is 0.00955. The average molecular weight is 292 g/mol. The molecule has 1 aromatic carbocycles. The van der Waals surface area contributed by atoms with Crippen LogP contribution in [0.4, 0.5) is 0 Å². The molecule has 1 rings (SSSR count). The Morgan fingerprint density at radius 2 is 1.93 bits per heavy atom. The fraction of sp³-hybridized carbons (Fsp3) is 0.500. The van der Waals surface area contributed by atoms with Gasteiger partial charge in [0.15, 0.2) is 0 Å². The first-order chi connectivity index (χ1) is 6.86. The first-order valence-electron chi connectivity index (χ1n) is 4.83. The molecule has 0 heterocycles. The van der Waals surface area contributed by atoms with Crippen LogP contribution >= 0.6 is 27.5 Å². The van der Waals surface area contributed by atoms with E-state index in [4.69, 9.17) is 16.3 Å². The number of hydrogen-bond acceptors (Lipinski definition) is 1. The van der Waals surface area contributed by atoms with E-state index in [-0.39, 0.29) is 10.8 Å². The van der Waals surface area contributed by atoms with Crippen molar-refractivity contribution in [3.8, 4) is 5.75 Å². The number of halogens is 2. The van der Waals surface area contributed by atoms with Crippen LogP contribution in [-0.4, -0.2) is 7.11 Å². The first-order valence-corrected chi connectivity index (χ1v) is 6.06. The van der Waals surface area contributed by atoms with Crippen molar-refractivity contribution < 1.29 is 4.74 Å². The zero-order valence-corrected chi connectivity index (χ0v) is 11.8. The predicted molar refractivity (Wildman–Crippen MR) is 68.7 cm³/mol. The number of ether oxygens (including phenoxy) is 1. The van der Waals surface area contributed by atoms with Crippen LogP contribution in [0.3, 0.4) is 0 Å². The van der Waals surface area contributed by atoms with Gasteiger partial charge in [-0.3, -0.25) is 0 Å². The Morgan fingerprint density at radius 3 is 2.40 bits per heavy atom. The van der Waals surface area contributed by atoms with Crippen LogP contribution in [0.15, 0.2) is 22.7 Å². The molecule has 0 saturated heterocycles. The molecule has 15 heavy (non-hydrogen) atoms. The largest absolute Gasteiger partial charge is 0.496 e. The molecule has 0 saturated carbocycles. The Balaban J connectivity index is 3.17. The Kier molecular flexibility index (Phi) is 4.07. The summed E-state index contributed by atoms with van der Waals surface area (Å²) in [6.45, 7) is 6.35. The van der Waals surface area contributed by atoms with E-state index in [0.29, 0.717) is 0 Å². The van der Waals surface area contributed by atoms with Crippen molar-refractivity contribution in [3.05, 3.63) is 28.2 Å². The van der Waals surface area contributed by atoms with Gasteiger partial charge in [0.25, 0.3) is 0 Å². The third kappa shape index (κ3) is 3.12. The molecule has 0 amide bonds. The van der Waals surface area contributed by atoms with Gasteiger partial charge in [0.2, 0.25) is 0 Å². The van der Waals surface area contributed by atoms with Crippen molar-refractivity contribution in [3.63, 3.8) is 0 Å². The summed E-state index contributed by atoms with van der Waals surface area (Å²) in [7, 11) is 1.67. The fourth-order valence-electron chi connectivity index (χ4n) is 1.37. The van der Waals surface area contributed by atoms with E-state index in [2.05, 4.69) is 36.7 Å². The molecule has 0 aliphatic carbocycles. The van der Waals surface area contributed by atoms with Crippen LogP contribution in [0.25, 0.3) is 0 Å². The summed E-state index contributed by atoms with van der Waals surface area (Å²) in [5.74, 6) is 0.841. The van der Waals surface area contributed by atoms with Crippen molar-refractivity contribution >= 4 is 27.5 Å². The molecule has 0 aliphatic heterocycles. The highest BCUT2D eigenvalue weighted by molar-refractivity contribution is 9.10. The number of rotatable bonds is 2. The van der Waals surface area contributed by atoms with Crippen LogP contribution < -0.4 is 4.74 Å². The Labute approximate surface area is 105 Å². The van der Waals surface area contributed by atoms with Gasteiger partial charge in [-0.2, -0.15) is 0 Å². The van der Waals surface area contributed by atoms with Crippen LogP contribution in [0.2, 0.25) is 0 Å². The molecule has 0 fully saturated rings. The lowest BCUT2D eigenvalue weighted by atomic mass is 9.87. The summed E-state index contributed by atoms with van der Waals surface area (Å²) >= 11 is 9.88. The van der Waals surface area contributed by atoms with Crippen LogP contribution in [0.1, 0.15) is 31.7 Å². The number of hydrogen-bond donors (Lipinski definition) is 0. The van der Waals surface area contributed by atoms with Gasteiger partial charge in [0.1, 0.15) is 5.75 Å². The minimum atomic E-state index is -0.0649. The van der Waals surface area contributed by atoms with E-state index in [0.717, 1.165) is 15.8 Å². The second kappa shape index (κ2) is 4.75. The van der Waals surface area contributed by atoms with Gasteiger partial charge in [-0.25, -0.2) is 0 Å². The molecule has 84 valence electrons. The number of benzene rings is 1. The van der Waals surface area contributed by atoms with Gasteiger partial charge in [-0.05, 0) is 23.6 Å². The van der Waals surface area contributed by atoms with Crippen molar-refractivity contribution in [1.29, 1.82) is 0 Å². The first kappa shape index (κ1) is 12.9. The molecule has 1 aromatic rings. The van der Waals surface area contributed by atoms with E-state index in [1.54, 1.807) is 7.11 Å². The van der Waals surface area contributed by atoms with E-state index < -0.39 is 0 Å². The summed E-state index contributed by atoms with van der Waals surface area (Å²) in [5.41, 5.74) is 1.04. The molecule has 0 bridgehead atoms. The van der Waals surface area contributed by atoms with Gasteiger partial charge in [-0.1, -0.05) is 36.7 Å². The smallest absolute Gasteiger partial charge is 0.123 e. The highest BCUT2D eigenvalue weighted by Crippen LogP contribution is 2.43.